The summed E-state index contributed by atoms with van der Waals surface area (Å²) in [4.78, 5) is 26.0. The molecule has 0 aliphatic rings. The van der Waals surface area contributed by atoms with Crippen molar-refractivity contribution in [1.29, 1.82) is 0 Å². The van der Waals surface area contributed by atoms with E-state index in [-0.39, 0.29) is 28.4 Å². The Morgan fingerprint density at radius 3 is 2.37 bits per heavy atom. The Kier molecular flexibility index (Phi) is 8.19. The molecular formula is C28H26ClN3O5S. The minimum absolute atomic E-state index is 0.0327. The molecule has 0 bridgehead atoms. The van der Waals surface area contributed by atoms with Crippen molar-refractivity contribution in [1.82, 2.24) is 5.32 Å². The van der Waals surface area contributed by atoms with Crippen LogP contribution in [-0.4, -0.2) is 26.8 Å². The number of hydrogen-bond acceptors (Lipinski definition) is 5. The molecule has 0 unspecified atom stereocenters. The van der Waals surface area contributed by atoms with Crippen molar-refractivity contribution in [3.63, 3.8) is 0 Å². The van der Waals surface area contributed by atoms with Crippen molar-refractivity contribution in [2.24, 2.45) is 0 Å². The van der Waals surface area contributed by atoms with Crippen LogP contribution in [0.4, 0.5) is 11.4 Å². The number of carbonyl (C=O) groups excluding carboxylic acids is 2. The van der Waals surface area contributed by atoms with E-state index in [9.17, 15) is 18.0 Å². The minimum atomic E-state index is -4.12. The number of carbonyl (C=O) groups is 2. The molecule has 3 aromatic carbocycles. The van der Waals surface area contributed by atoms with Gasteiger partial charge in [-0.3, -0.25) is 13.9 Å². The first-order chi connectivity index (χ1) is 18.1. The molecule has 0 aliphatic carbocycles. The second-order valence-electron chi connectivity index (χ2n) is 8.61. The van der Waals surface area contributed by atoms with Crippen molar-refractivity contribution >= 4 is 44.8 Å². The third kappa shape index (κ3) is 6.24. The van der Waals surface area contributed by atoms with Crippen LogP contribution in [0.25, 0.3) is 0 Å². The van der Waals surface area contributed by atoms with Crippen LogP contribution in [0.3, 0.4) is 0 Å². The summed E-state index contributed by atoms with van der Waals surface area (Å²) < 4.78 is 33.5. The number of hydrogen-bond donors (Lipinski definition) is 2. The monoisotopic (exact) mass is 551 g/mol. The molecule has 1 heterocycles. The van der Waals surface area contributed by atoms with Gasteiger partial charge in [-0.25, -0.2) is 8.42 Å². The number of benzene rings is 3. The second kappa shape index (κ2) is 11.5. The third-order valence-electron chi connectivity index (χ3n) is 5.79. The molecule has 0 saturated carbocycles. The Balaban J connectivity index is 1.59. The van der Waals surface area contributed by atoms with Crippen molar-refractivity contribution < 1.29 is 22.4 Å². The zero-order valence-corrected chi connectivity index (χ0v) is 22.3. The molecule has 0 spiro atoms. The average molecular weight is 552 g/mol. The van der Waals surface area contributed by atoms with E-state index >= 15 is 0 Å². The first kappa shape index (κ1) is 27.0. The summed E-state index contributed by atoms with van der Waals surface area (Å²) >= 11 is 6.29. The normalized spacial score (nSPS) is 11.1. The second-order valence-corrected chi connectivity index (χ2v) is 10.9. The van der Waals surface area contributed by atoms with Gasteiger partial charge in [-0.05, 0) is 67.9 Å². The molecule has 4 aromatic rings. The van der Waals surface area contributed by atoms with E-state index in [0.717, 1.165) is 15.4 Å². The molecule has 0 fully saturated rings. The van der Waals surface area contributed by atoms with Crippen LogP contribution >= 0.6 is 11.6 Å². The Labute approximate surface area is 226 Å². The molecule has 2 N–H and O–H groups in total. The van der Waals surface area contributed by atoms with Gasteiger partial charge in [0.2, 0.25) is 5.91 Å². The van der Waals surface area contributed by atoms with Crippen LogP contribution in [-0.2, 0) is 21.4 Å². The van der Waals surface area contributed by atoms with Gasteiger partial charge in [-0.2, -0.15) is 0 Å². The summed E-state index contributed by atoms with van der Waals surface area (Å²) in [6.45, 7) is 3.28. The number of nitrogens with one attached hydrogen (secondary N) is 2. The van der Waals surface area contributed by atoms with Crippen LogP contribution in [0.2, 0.25) is 5.02 Å². The maximum Gasteiger partial charge on any atom is 0.264 e. The molecule has 0 saturated heterocycles. The lowest BCUT2D eigenvalue weighted by Crippen LogP contribution is -2.38. The number of para-hydroxylation sites is 1. The Morgan fingerprint density at radius 1 is 0.947 bits per heavy atom. The summed E-state index contributed by atoms with van der Waals surface area (Å²) in [7, 11) is -4.12. The summed E-state index contributed by atoms with van der Waals surface area (Å²) in [6.07, 6.45) is 1.51. The summed E-state index contributed by atoms with van der Waals surface area (Å²) in [5.74, 6) is -0.482. The number of anilines is 2. The predicted molar refractivity (Wildman–Crippen MR) is 147 cm³/mol. The fourth-order valence-electron chi connectivity index (χ4n) is 3.68. The van der Waals surface area contributed by atoms with Crippen LogP contribution in [0, 0.1) is 13.8 Å². The molecule has 196 valence electrons. The molecule has 1 aromatic heterocycles. The number of sulfonamides is 1. The summed E-state index contributed by atoms with van der Waals surface area (Å²) in [5, 5.41) is 5.79. The first-order valence-corrected chi connectivity index (χ1v) is 13.5. The van der Waals surface area contributed by atoms with Crippen molar-refractivity contribution in [3.8, 4) is 0 Å². The standard InChI is InChI=1S/C28H26ClN3O5S/c1-19-9-13-23(14-10-19)38(35,36)32(21-12-11-20(2)25(29)16-21)18-27(33)31-26-8-4-3-7-24(26)28(34)30-17-22-6-5-15-37-22/h3-16H,17-18H2,1-2H3,(H,30,34)(H,31,33). The van der Waals surface area contributed by atoms with Gasteiger partial charge in [0.25, 0.3) is 15.9 Å². The molecule has 0 atom stereocenters. The number of aryl methyl sites for hydroxylation is 2. The molecule has 4 rings (SSSR count). The van der Waals surface area contributed by atoms with Crippen LogP contribution in [0.15, 0.2) is 94.4 Å². The summed E-state index contributed by atoms with van der Waals surface area (Å²) in [5.41, 5.74) is 2.36. The molecule has 10 heteroatoms. The van der Waals surface area contributed by atoms with Crippen molar-refractivity contribution in [2.45, 2.75) is 25.3 Å². The van der Waals surface area contributed by atoms with Crippen LogP contribution in [0.5, 0.6) is 0 Å². The van der Waals surface area contributed by atoms with Gasteiger partial charge < -0.3 is 15.1 Å². The minimum Gasteiger partial charge on any atom is -0.467 e. The molecule has 0 aliphatic heterocycles. The van der Waals surface area contributed by atoms with Gasteiger partial charge in [0, 0.05) is 5.02 Å². The Hall–Kier alpha value is -4.08. The van der Waals surface area contributed by atoms with E-state index in [2.05, 4.69) is 10.6 Å². The highest BCUT2D eigenvalue weighted by Gasteiger charge is 2.28. The molecular weight excluding hydrogens is 526 g/mol. The Morgan fingerprint density at radius 2 is 1.68 bits per heavy atom. The largest absolute Gasteiger partial charge is 0.467 e. The maximum absolute atomic E-state index is 13.6. The topological polar surface area (TPSA) is 109 Å². The highest BCUT2D eigenvalue weighted by atomic mass is 35.5. The average Bonchev–Trinajstić information content (AvgIpc) is 3.42. The SMILES string of the molecule is Cc1ccc(S(=O)(=O)N(CC(=O)Nc2ccccc2C(=O)NCc2ccco2)c2ccc(C)c(Cl)c2)cc1. The fraction of sp³-hybridized carbons (Fsp3) is 0.143. The lowest BCUT2D eigenvalue weighted by atomic mass is 10.1. The number of amides is 2. The zero-order chi connectivity index (χ0) is 27.3. The van der Waals surface area contributed by atoms with Gasteiger partial charge in [0.1, 0.15) is 12.3 Å². The third-order valence-corrected chi connectivity index (χ3v) is 7.98. The molecule has 8 nitrogen and oxygen atoms in total. The zero-order valence-electron chi connectivity index (χ0n) is 20.8. The van der Waals surface area contributed by atoms with Gasteiger partial charge in [0.15, 0.2) is 0 Å². The maximum atomic E-state index is 13.6. The van der Waals surface area contributed by atoms with E-state index in [4.69, 9.17) is 16.0 Å². The molecule has 0 radical (unpaired) electrons. The molecule has 2 amide bonds. The Bertz CT molecular complexity index is 1550. The van der Waals surface area contributed by atoms with E-state index in [1.165, 1.54) is 24.5 Å². The quantitative estimate of drug-likeness (QED) is 0.293. The van der Waals surface area contributed by atoms with Crippen molar-refractivity contribution in [2.75, 3.05) is 16.2 Å². The lowest BCUT2D eigenvalue weighted by molar-refractivity contribution is -0.114. The van der Waals surface area contributed by atoms with E-state index < -0.39 is 28.4 Å². The predicted octanol–water partition coefficient (Wildman–Crippen LogP) is 5.31. The first-order valence-electron chi connectivity index (χ1n) is 11.7. The van der Waals surface area contributed by atoms with Crippen LogP contribution in [0.1, 0.15) is 27.2 Å². The van der Waals surface area contributed by atoms with Gasteiger partial charge in [-0.15, -0.1) is 0 Å². The van der Waals surface area contributed by atoms with Crippen molar-refractivity contribution in [3.05, 3.63) is 113 Å². The smallest absolute Gasteiger partial charge is 0.264 e. The van der Waals surface area contributed by atoms with Gasteiger partial charge in [-0.1, -0.05) is 47.5 Å². The fourth-order valence-corrected chi connectivity index (χ4v) is 5.26. The van der Waals surface area contributed by atoms with Gasteiger partial charge >= 0.3 is 0 Å². The van der Waals surface area contributed by atoms with Crippen LogP contribution < -0.4 is 14.9 Å². The highest BCUT2D eigenvalue weighted by molar-refractivity contribution is 7.92. The lowest BCUT2D eigenvalue weighted by Gasteiger charge is -2.25. The highest BCUT2D eigenvalue weighted by Crippen LogP contribution is 2.28. The van der Waals surface area contributed by atoms with Gasteiger partial charge in [0.05, 0.1) is 34.6 Å². The number of nitrogens with zero attached hydrogens (tertiary/aromatic N) is 1. The van der Waals surface area contributed by atoms with E-state index in [1.54, 1.807) is 67.6 Å². The number of halogens is 1. The number of furan rings is 1. The van der Waals surface area contributed by atoms with E-state index in [1.807, 2.05) is 6.92 Å². The van der Waals surface area contributed by atoms with E-state index in [0.29, 0.717) is 10.8 Å². The summed E-state index contributed by atoms with van der Waals surface area (Å²) in [6, 6.07) is 21.0. The number of rotatable bonds is 9. The molecule has 38 heavy (non-hydrogen) atoms.